The Balaban J connectivity index is 2.21. The van der Waals surface area contributed by atoms with Crippen molar-refractivity contribution in [2.45, 2.75) is 26.3 Å². The Hall–Kier alpha value is -2.21. The van der Waals surface area contributed by atoms with Crippen molar-refractivity contribution in [2.24, 2.45) is 0 Å². The maximum atomic E-state index is 12.1. The van der Waals surface area contributed by atoms with Gasteiger partial charge in [-0.2, -0.15) is 0 Å². The van der Waals surface area contributed by atoms with Gasteiger partial charge in [-0.15, -0.1) is 11.3 Å². The number of thiophene rings is 1. The van der Waals surface area contributed by atoms with Crippen molar-refractivity contribution < 1.29 is 14.7 Å². The van der Waals surface area contributed by atoms with Gasteiger partial charge in [-0.3, -0.25) is 9.78 Å². The molecule has 0 fully saturated rings. The quantitative estimate of drug-likeness (QED) is 0.890. The summed E-state index contributed by atoms with van der Waals surface area (Å²) >= 11 is 1.58. The number of amides is 1. The van der Waals surface area contributed by atoms with E-state index in [0.717, 1.165) is 10.6 Å². The van der Waals surface area contributed by atoms with Crippen molar-refractivity contribution in [3.8, 4) is 10.6 Å². The van der Waals surface area contributed by atoms with E-state index in [4.69, 9.17) is 5.11 Å². The van der Waals surface area contributed by atoms with Crippen molar-refractivity contribution in [1.82, 2.24) is 10.3 Å². The van der Waals surface area contributed by atoms with Gasteiger partial charge in [0.25, 0.3) is 5.91 Å². The fraction of sp³-hybridized carbons (Fsp3) is 0.267. The summed E-state index contributed by atoms with van der Waals surface area (Å²) in [4.78, 5) is 28.5. The van der Waals surface area contributed by atoms with Gasteiger partial charge < -0.3 is 10.4 Å². The second kappa shape index (κ2) is 6.49. The molecule has 2 aromatic heterocycles. The minimum absolute atomic E-state index is 0.334. The van der Waals surface area contributed by atoms with Crippen LogP contribution in [0.4, 0.5) is 0 Å². The standard InChI is InChI=1S/C15H16N2O3S/c1-3-11(15(19)20)17-14(18)10-6-7-12(16-9(10)2)13-5-4-8-21-13/h4-8,11H,3H2,1-2H3,(H,17,18)(H,19,20). The number of aromatic nitrogens is 1. The summed E-state index contributed by atoms with van der Waals surface area (Å²) in [5, 5.41) is 13.4. The topological polar surface area (TPSA) is 79.3 Å². The monoisotopic (exact) mass is 304 g/mol. The molecule has 0 spiro atoms. The molecular formula is C15H16N2O3S. The molecule has 1 unspecified atom stereocenters. The van der Waals surface area contributed by atoms with Gasteiger partial charge in [0, 0.05) is 0 Å². The van der Waals surface area contributed by atoms with E-state index in [-0.39, 0.29) is 0 Å². The highest BCUT2D eigenvalue weighted by Crippen LogP contribution is 2.23. The maximum Gasteiger partial charge on any atom is 0.326 e. The third kappa shape index (κ3) is 3.46. The van der Waals surface area contributed by atoms with Gasteiger partial charge in [0.05, 0.1) is 21.8 Å². The van der Waals surface area contributed by atoms with Crippen LogP contribution in [0.15, 0.2) is 29.6 Å². The summed E-state index contributed by atoms with van der Waals surface area (Å²) < 4.78 is 0. The number of carbonyl (C=O) groups excluding carboxylic acids is 1. The summed E-state index contributed by atoms with van der Waals surface area (Å²) in [6, 6.07) is 6.48. The largest absolute Gasteiger partial charge is 0.480 e. The zero-order chi connectivity index (χ0) is 15.4. The number of nitrogens with zero attached hydrogens (tertiary/aromatic N) is 1. The smallest absolute Gasteiger partial charge is 0.326 e. The van der Waals surface area contributed by atoms with E-state index < -0.39 is 17.9 Å². The Kier molecular flexibility index (Phi) is 4.70. The molecule has 0 aliphatic heterocycles. The molecular weight excluding hydrogens is 288 g/mol. The average molecular weight is 304 g/mol. The predicted octanol–water partition coefficient (Wildman–Crippen LogP) is 2.71. The van der Waals surface area contributed by atoms with Crippen LogP contribution in [0.3, 0.4) is 0 Å². The first-order chi connectivity index (χ1) is 10.0. The van der Waals surface area contributed by atoms with E-state index in [1.165, 1.54) is 0 Å². The number of aliphatic carboxylic acids is 1. The van der Waals surface area contributed by atoms with Crippen LogP contribution in [0, 0.1) is 6.92 Å². The first-order valence-corrected chi connectivity index (χ1v) is 7.46. The van der Waals surface area contributed by atoms with Crippen molar-refractivity contribution in [2.75, 3.05) is 0 Å². The van der Waals surface area contributed by atoms with E-state index >= 15 is 0 Å². The molecule has 0 bridgehead atoms. The lowest BCUT2D eigenvalue weighted by Gasteiger charge is -2.13. The molecule has 2 heterocycles. The molecule has 21 heavy (non-hydrogen) atoms. The average Bonchev–Trinajstić information content (AvgIpc) is 2.98. The minimum atomic E-state index is -1.04. The van der Waals surface area contributed by atoms with Gasteiger partial charge >= 0.3 is 5.97 Å². The summed E-state index contributed by atoms with van der Waals surface area (Å²) in [5.41, 5.74) is 1.79. The molecule has 2 aromatic rings. The van der Waals surface area contributed by atoms with Crippen molar-refractivity contribution in [3.63, 3.8) is 0 Å². The van der Waals surface area contributed by atoms with Gasteiger partial charge in [-0.05, 0) is 36.9 Å². The fourth-order valence-corrected chi connectivity index (χ4v) is 2.63. The molecule has 0 aromatic carbocycles. The first-order valence-electron chi connectivity index (χ1n) is 6.58. The number of hydrogen-bond acceptors (Lipinski definition) is 4. The Morgan fingerprint density at radius 3 is 2.67 bits per heavy atom. The maximum absolute atomic E-state index is 12.1. The van der Waals surface area contributed by atoms with Crippen LogP contribution in [-0.2, 0) is 4.79 Å². The van der Waals surface area contributed by atoms with Crippen molar-refractivity contribution >= 4 is 23.2 Å². The Morgan fingerprint density at radius 2 is 2.14 bits per heavy atom. The van der Waals surface area contributed by atoms with Crippen LogP contribution in [0.25, 0.3) is 10.6 Å². The van der Waals surface area contributed by atoms with E-state index in [0.29, 0.717) is 17.7 Å². The van der Waals surface area contributed by atoms with Gasteiger partial charge in [-0.1, -0.05) is 13.0 Å². The van der Waals surface area contributed by atoms with E-state index in [1.54, 1.807) is 37.3 Å². The number of rotatable bonds is 5. The summed E-state index contributed by atoms with van der Waals surface area (Å²) in [6.07, 6.45) is 0.334. The zero-order valence-corrected chi connectivity index (χ0v) is 12.6. The van der Waals surface area contributed by atoms with Gasteiger partial charge in [0.2, 0.25) is 0 Å². The molecule has 0 saturated heterocycles. The second-order valence-corrected chi connectivity index (χ2v) is 5.53. The van der Waals surface area contributed by atoms with Gasteiger partial charge in [0.1, 0.15) is 6.04 Å². The van der Waals surface area contributed by atoms with Crippen molar-refractivity contribution in [1.29, 1.82) is 0 Å². The van der Waals surface area contributed by atoms with Crippen LogP contribution >= 0.6 is 11.3 Å². The van der Waals surface area contributed by atoms with Crippen LogP contribution in [0.2, 0.25) is 0 Å². The molecule has 0 radical (unpaired) electrons. The lowest BCUT2D eigenvalue weighted by Crippen LogP contribution is -2.40. The second-order valence-electron chi connectivity index (χ2n) is 4.58. The number of carboxylic acids is 1. The minimum Gasteiger partial charge on any atom is -0.480 e. The number of carbonyl (C=O) groups is 2. The summed E-state index contributed by atoms with van der Waals surface area (Å²) in [7, 11) is 0. The molecule has 2 rings (SSSR count). The first kappa shape index (κ1) is 15.2. The van der Waals surface area contributed by atoms with Crippen LogP contribution in [0.1, 0.15) is 29.4 Å². The third-order valence-electron chi connectivity index (χ3n) is 3.12. The molecule has 5 nitrogen and oxygen atoms in total. The van der Waals surface area contributed by atoms with Gasteiger partial charge in [-0.25, -0.2) is 4.79 Å². The predicted molar refractivity (Wildman–Crippen MR) is 81.5 cm³/mol. The van der Waals surface area contributed by atoms with Crippen LogP contribution < -0.4 is 5.32 Å². The molecule has 6 heteroatoms. The molecule has 0 aliphatic rings. The molecule has 1 amide bonds. The SMILES string of the molecule is CCC(NC(=O)c1ccc(-c2cccs2)nc1C)C(=O)O. The van der Waals surface area contributed by atoms with E-state index in [2.05, 4.69) is 10.3 Å². The van der Waals surface area contributed by atoms with E-state index in [9.17, 15) is 9.59 Å². The summed E-state index contributed by atoms with van der Waals surface area (Å²) in [5.74, 6) is -1.45. The number of pyridine rings is 1. The number of hydrogen-bond donors (Lipinski definition) is 2. The Morgan fingerprint density at radius 1 is 1.38 bits per heavy atom. The van der Waals surface area contributed by atoms with Gasteiger partial charge in [0.15, 0.2) is 0 Å². The number of carboxylic acid groups (broad SMARTS) is 1. The molecule has 0 saturated carbocycles. The Bertz CT molecular complexity index is 653. The molecule has 0 aliphatic carbocycles. The normalized spacial score (nSPS) is 11.9. The highest BCUT2D eigenvalue weighted by atomic mass is 32.1. The lowest BCUT2D eigenvalue weighted by molar-refractivity contribution is -0.139. The number of nitrogens with one attached hydrogen (secondary N) is 1. The lowest BCUT2D eigenvalue weighted by atomic mass is 10.1. The summed E-state index contributed by atoms with van der Waals surface area (Å²) in [6.45, 7) is 3.46. The zero-order valence-electron chi connectivity index (χ0n) is 11.8. The molecule has 2 N–H and O–H groups in total. The molecule has 110 valence electrons. The third-order valence-corrected chi connectivity index (χ3v) is 4.01. The van der Waals surface area contributed by atoms with Crippen LogP contribution in [0.5, 0.6) is 0 Å². The number of aryl methyl sites for hydroxylation is 1. The Labute approximate surface area is 126 Å². The molecule has 1 atom stereocenters. The highest BCUT2D eigenvalue weighted by molar-refractivity contribution is 7.13. The van der Waals surface area contributed by atoms with Crippen molar-refractivity contribution in [3.05, 3.63) is 40.9 Å². The highest BCUT2D eigenvalue weighted by Gasteiger charge is 2.20. The van der Waals surface area contributed by atoms with Crippen LogP contribution in [-0.4, -0.2) is 28.0 Å². The van der Waals surface area contributed by atoms with E-state index in [1.807, 2.05) is 17.5 Å². The fourth-order valence-electron chi connectivity index (χ4n) is 1.94.